The van der Waals surface area contributed by atoms with Crippen LogP contribution in [0.25, 0.3) is 22.0 Å². The Kier molecular flexibility index (Phi) is 10.1. The van der Waals surface area contributed by atoms with Crippen LogP contribution < -0.4 is 40.5 Å². The maximum absolute atomic E-state index is 6.32. The Labute approximate surface area is 220 Å². The number of hydrogen-bond donors (Lipinski definition) is 0. The first-order valence-corrected chi connectivity index (χ1v) is 12.6. The smallest absolute Gasteiger partial charge is 0.213 e. The van der Waals surface area contributed by atoms with Gasteiger partial charge in [-0.2, -0.15) is 4.57 Å². The Morgan fingerprint density at radius 3 is 2.20 bits per heavy atom. The van der Waals surface area contributed by atoms with E-state index < -0.39 is 0 Å². The average Bonchev–Trinajstić information content (AvgIpc) is 2.88. The van der Waals surface area contributed by atoms with Crippen LogP contribution in [0.4, 0.5) is 0 Å². The molecule has 0 radical (unpaired) electrons. The van der Waals surface area contributed by atoms with Crippen LogP contribution >= 0.6 is 0 Å². The minimum absolute atomic E-state index is 0. The largest absolute Gasteiger partial charge is 1.00 e. The van der Waals surface area contributed by atoms with E-state index in [1.165, 1.54) is 55.3 Å². The van der Waals surface area contributed by atoms with Crippen LogP contribution in [-0.4, -0.2) is 27.9 Å². The minimum atomic E-state index is 0. The number of nitrogens with zero attached hydrogens (tertiary/aromatic N) is 1. The molecule has 190 valence electrons. The zero-order chi connectivity index (χ0) is 23.9. The van der Waals surface area contributed by atoms with Gasteiger partial charge in [-0.25, -0.2) is 0 Å². The fraction of sp³-hybridized carbons (Fsp3) is 0.483. The van der Waals surface area contributed by atoms with Crippen molar-refractivity contribution >= 4 is 10.8 Å². The number of methoxy groups -OCH3 is 3. The molecule has 0 N–H and O–H groups in total. The lowest BCUT2D eigenvalue weighted by molar-refractivity contribution is -0.686. The zero-order valence-corrected chi connectivity index (χ0v) is 23.1. The van der Waals surface area contributed by atoms with E-state index in [4.69, 9.17) is 18.9 Å². The average molecular weight is 545 g/mol. The Bertz CT molecular complexity index is 1130. The third-order valence-electron chi connectivity index (χ3n) is 6.80. The highest BCUT2D eigenvalue weighted by Crippen LogP contribution is 2.40. The van der Waals surface area contributed by atoms with Gasteiger partial charge in [0.1, 0.15) is 0 Å². The van der Waals surface area contributed by atoms with Gasteiger partial charge in [0.25, 0.3) is 0 Å². The molecular formula is C29H38BrNO4. The summed E-state index contributed by atoms with van der Waals surface area (Å²) in [6.07, 6.45) is 12.0. The highest BCUT2D eigenvalue weighted by molar-refractivity contribution is 5.91. The van der Waals surface area contributed by atoms with Crippen LogP contribution in [0.15, 0.2) is 36.5 Å². The first kappa shape index (κ1) is 27.1. The Hall–Kier alpha value is -2.47. The molecule has 0 bridgehead atoms. The lowest BCUT2D eigenvalue weighted by Crippen LogP contribution is -3.00. The lowest BCUT2D eigenvalue weighted by Gasteiger charge is -2.19. The summed E-state index contributed by atoms with van der Waals surface area (Å²) in [5, 5.41) is 2.24. The van der Waals surface area contributed by atoms with Crippen molar-refractivity contribution in [3.8, 4) is 34.3 Å². The van der Waals surface area contributed by atoms with E-state index in [-0.39, 0.29) is 17.0 Å². The van der Waals surface area contributed by atoms with Gasteiger partial charge < -0.3 is 35.9 Å². The summed E-state index contributed by atoms with van der Waals surface area (Å²) in [5.74, 6) is 3.17. The van der Waals surface area contributed by atoms with Crippen molar-refractivity contribution in [2.45, 2.75) is 64.8 Å². The maximum atomic E-state index is 6.32. The number of hydrogen-bond acceptors (Lipinski definition) is 4. The molecule has 0 unspecified atom stereocenters. The van der Waals surface area contributed by atoms with Crippen molar-refractivity contribution in [3.05, 3.63) is 42.1 Å². The van der Waals surface area contributed by atoms with E-state index in [0.29, 0.717) is 6.61 Å². The molecule has 1 aromatic heterocycles. The van der Waals surface area contributed by atoms with Crippen molar-refractivity contribution in [1.29, 1.82) is 0 Å². The van der Waals surface area contributed by atoms with Crippen molar-refractivity contribution in [1.82, 2.24) is 0 Å². The van der Waals surface area contributed by atoms with Gasteiger partial charge in [0.15, 0.2) is 35.7 Å². The highest BCUT2D eigenvalue weighted by Gasteiger charge is 2.27. The zero-order valence-electron chi connectivity index (χ0n) is 21.5. The number of rotatable bonds is 12. The number of pyridine rings is 1. The number of fused-ring (bicyclic) bond motifs is 4. The topological polar surface area (TPSA) is 40.8 Å². The second-order valence-electron chi connectivity index (χ2n) is 9.04. The summed E-state index contributed by atoms with van der Waals surface area (Å²) in [6.45, 7) is 3.88. The molecule has 0 amide bonds. The van der Waals surface area contributed by atoms with Gasteiger partial charge >= 0.3 is 0 Å². The van der Waals surface area contributed by atoms with Crippen molar-refractivity contribution in [3.63, 3.8) is 0 Å². The third kappa shape index (κ3) is 6.03. The molecule has 0 atom stereocenters. The van der Waals surface area contributed by atoms with E-state index in [1.807, 2.05) is 6.07 Å². The summed E-state index contributed by atoms with van der Waals surface area (Å²) < 4.78 is 25.4. The molecule has 1 aliphatic rings. The number of aryl methyl sites for hydroxylation is 2. The van der Waals surface area contributed by atoms with Crippen molar-refractivity contribution < 1.29 is 40.5 Å². The fourth-order valence-electron chi connectivity index (χ4n) is 4.88. The number of ether oxygens (including phenoxy) is 4. The predicted octanol–water partition coefficient (Wildman–Crippen LogP) is 3.51. The number of benzene rings is 2. The first-order chi connectivity index (χ1) is 16.7. The van der Waals surface area contributed by atoms with Gasteiger partial charge in [0.05, 0.1) is 38.9 Å². The van der Waals surface area contributed by atoms with E-state index in [1.54, 1.807) is 21.3 Å². The van der Waals surface area contributed by atoms with E-state index >= 15 is 0 Å². The number of halogens is 1. The molecule has 0 spiro atoms. The van der Waals surface area contributed by atoms with Gasteiger partial charge in [0, 0.05) is 12.5 Å². The van der Waals surface area contributed by atoms with Crippen LogP contribution in [0.5, 0.6) is 23.0 Å². The normalized spacial score (nSPS) is 11.9. The summed E-state index contributed by atoms with van der Waals surface area (Å²) in [5.41, 5.74) is 3.64. The Morgan fingerprint density at radius 2 is 1.49 bits per heavy atom. The van der Waals surface area contributed by atoms with E-state index in [2.05, 4.69) is 42.0 Å². The summed E-state index contributed by atoms with van der Waals surface area (Å²) in [7, 11) is 5.08. The summed E-state index contributed by atoms with van der Waals surface area (Å²) in [6, 6.07) is 10.6. The second kappa shape index (κ2) is 13.0. The number of aromatic nitrogens is 1. The van der Waals surface area contributed by atoms with Crippen molar-refractivity contribution in [2.75, 3.05) is 27.9 Å². The minimum Gasteiger partial charge on any atom is -1.00 e. The molecule has 1 aliphatic heterocycles. The molecule has 3 aromatic rings. The summed E-state index contributed by atoms with van der Waals surface area (Å²) >= 11 is 0. The molecule has 2 heterocycles. The van der Waals surface area contributed by atoms with Crippen LogP contribution in [0.3, 0.4) is 0 Å². The Morgan fingerprint density at radius 1 is 0.800 bits per heavy atom. The maximum Gasteiger partial charge on any atom is 0.213 e. The van der Waals surface area contributed by atoms with Crippen LogP contribution in [0, 0.1) is 0 Å². The molecule has 0 aliphatic carbocycles. The molecule has 4 rings (SSSR count). The molecule has 35 heavy (non-hydrogen) atoms. The SMILES string of the molecule is CCCCCCCCCOc1c(OC)ccc2cc3[n+](cc12)CCc1cc(OC)c(OC)cc1-3.[Br-]. The van der Waals surface area contributed by atoms with Gasteiger partial charge in [-0.1, -0.05) is 45.4 Å². The molecule has 0 saturated heterocycles. The van der Waals surface area contributed by atoms with Gasteiger partial charge in [-0.05, 0) is 41.6 Å². The number of unbranched alkanes of at least 4 members (excludes halogenated alkanes) is 6. The van der Waals surface area contributed by atoms with Crippen molar-refractivity contribution in [2.24, 2.45) is 0 Å². The third-order valence-corrected chi connectivity index (χ3v) is 6.80. The van der Waals surface area contributed by atoms with Crippen LogP contribution in [0.1, 0.15) is 57.4 Å². The van der Waals surface area contributed by atoms with E-state index in [0.717, 1.165) is 53.2 Å². The fourth-order valence-corrected chi connectivity index (χ4v) is 4.88. The molecule has 6 heteroatoms. The monoisotopic (exact) mass is 543 g/mol. The lowest BCUT2D eigenvalue weighted by atomic mass is 9.95. The van der Waals surface area contributed by atoms with Gasteiger partial charge in [0.2, 0.25) is 5.69 Å². The first-order valence-electron chi connectivity index (χ1n) is 12.6. The Balaban J connectivity index is 0.00000342. The van der Waals surface area contributed by atoms with Gasteiger partial charge in [-0.3, -0.25) is 0 Å². The van der Waals surface area contributed by atoms with Crippen LogP contribution in [0.2, 0.25) is 0 Å². The van der Waals surface area contributed by atoms with Crippen LogP contribution in [-0.2, 0) is 13.0 Å². The highest BCUT2D eigenvalue weighted by atomic mass is 79.9. The molecular weight excluding hydrogens is 506 g/mol. The van der Waals surface area contributed by atoms with Gasteiger partial charge in [-0.15, -0.1) is 0 Å². The molecule has 5 nitrogen and oxygen atoms in total. The predicted molar refractivity (Wildman–Crippen MR) is 136 cm³/mol. The quantitative estimate of drug-likeness (QED) is 0.259. The molecule has 2 aromatic carbocycles. The molecule has 0 fully saturated rings. The molecule has 0 saturated carbocycles. The summed E-state index contributed by atoms with van der Waals surface area (Å²) in [4.78, 5) is 0. The second-order valence-corrected chi connectivity index (χ2v) is 9.04. The standard InChI is InChI=1S/C29H38NO4.BrH/c1-5-6-7-8-9-10-11-16-34-29-24-20-30-15-14-22-18-27(32-3)28(33-4)19-23(22)25(30)17-21(24)12-13-26(29)31-2;/h12-13,17-20H,5-11,14-16H2,1-4H3;1H/q+1;/p-1. The van der Waals surface area contributed by atoms with E-state index in [9.17, 15) is 0 Å².